The zero-order valence-corrected chi connectivity index (χ0v) is 30.7. The highest BCUT2D eigenvalue weighted by atomic mass is 16.5. The number of fused-ring (bicyclic) bond motifs is 1. The highest BCUT2D eigenvalue weighted by Gasteiger charge is 2.49. The number of nitrogens with zero attached hydrogens (tertiary/aromatic N) is 4. The quantitative estimate of drug-likeness (QED) is 0.207. The predicted molar refractivity (Wildman–Crippen MR) is 201 cm³/mol. The van der Waals surface area contributed by atoms with E-state index < -0.39 is 29.7 Å². The van der Waals surface area contributed by atoms with Crippen molar-refractivity contribution in [1.82, 2.24) is 20.2 Å². The Labute approximate surface area is 318 Å². The number of hydrogen-bond acceptors (Lipinski definition) is 11. The molecule has 4 aliphatic heterocycles. The van der Waals surface area contributed by atoms with Crippen LogP contribution in [-0.4, -0.2) is 83.0 Å². The fraction of sp³-hybridized carbons (Fsp3) is 0.381. The van der Waals surface area contributed by atoms with E-state index in [4.69, 9.17) is 19.2 Å². The molecule has 1 unspecified atom stereocenters. The Kier molecular flexibility index (Phi) is 8.56. The average Bonchev–Trinajstić information content (AvgIpc) is 3.37. The highest BCUT2D eigenvalue weighted by molar-refractivity contribution is 6.23. The summed E-state index contributed by atoms with van der Waals surface area (Å²) in [5, 5.41) is 5.67. The second-order valence-electron chi connectivity index (χ2n) is 15.9. The molecule has 5 heterocycles. The summed E-state index contributed by atoms with van der Waals surface area (Å²) in [5.74, 6) is 1.10. The number of imide groups is 2. The van der Waals surface area contributed by atoms with Crippen LogP contribution in [0.3, 0.4) is 0 Å². The fourth-order valence-corrected chi connectivity index (χ4v) is 8.13. The lowest BCUT2D eigenvalue weighted by atomic mass is 9.78. The minimum absolute atomic E-state index is 0.0442. The van der Waals surface area contributed by atoms with Crippen molar-refractivity contribution in [1.29, 1.82) is 0 Å². The summed E-state index contributed by atoms with van der Waals surface area (Å²) in [4.78, 5) is 62.5. The lowest BCUT2D eigenvalue weighted by molar-refractivity contribution is -0.136. The first-order valence-corrected chi connectivity index (χ1v) is 18.8. The van der Waals surface area contributed by atoms with E-state index in [1.165, 1.54) is 0 Å². The third-order valence-corrected chi connectivity index (χ3v) is 11.6. The van der Waals surface area contributed by atoms with Crippen molar-refractivity contribution in [3.63, 3.8) is 0 Å². The van der Waals surface area contributed by atoms with E-state index in [-0.39, 0.29) is 41.5 Å². The van der Waals surface area contributed by atoms with Crippen molar-refractivity contribution in [2.75, 3.05) is 36.5 Å². The van der Waals surface area contributed by atoms with Gasteiger partial charge in [-0.1, -0.05) is 38.1 Å². The number of ether oxygens (including phenoxy) is 3. The molecule has 13 heteroatoms. The van der Waals surface area contributed by atoms with Crippen LogP contribution in [0.1, 0.15) is 77.2 Å². The van der Waals surface area contributed by atoms with Crippen LogP contribution in [0, 0.1) is 5.41 Å². The number of carbonyl (C=O) groups is 4. The molecule has 2 N–H and O–H groups in total. The molecule has 3 aromatic carbocycles. The van der Waals surface area contributed by atoms with Crippen molar-refractivity contribution >= 4 is 35.1 Å². The standard InChI is InChI=1S/C42H42N6O7/c1-41(2,25-3-8-29(9-4-25)54-20-35-43-16-15-36(45-35)47-21-42(22-47)23-53-24-42)26-5-10-30(11-6-26)55-31-17-28(18-31)44-27-7-12-32-33(19-27)40(52)48(39(32)51)34-13-14-37(49)46-38(34)50/h3-12,15-16,19,28,31,34,44H,13-14,17-18,20-24H2,1-2H3,(H,46,49,50)/t28-,31-,34?. The molecule has 0 radical (unpaired) electrons. The number of rotatable bonds is 11. The molecule has 4 amide bonds. The van der Waals surface area contributed by atoms with Crippen molar-refractivity contribution in [2.45, 2.75) is 69.7 Å². The Morgan fingerprint density at radius 2 is 1.58 bits per heavy atom. The van der Waals surface area contributed by atoms with Crippen molar-refractivity contribution in [3.8, 4) is 11.5 Å². The van der Waals surface area contributed by atoms with Crippen LogP contribution in [0.4, 0.5) is 11.5 Å². The lowest BCUT2D eigenvalue weighted by Crippen LogP contribution is -2.66. The Morgan fingerprint density at radius 3 is 2.25 bits per heavy atom. The molecule has 3 saturated heterocycles. The summed E-state index contributed by atoms with van der Waals surface area (Å²) >= 11 is 0. The van der Waals surface area contributed by atoms with Crippen molar-refractivity contribution in [2.24, 2.45) is 5.41 Å². The number of anilines is 2. The van der Waals surface area contributed by atoms with E-state index in [0.29, 0.717) is 17.8 Å². The van der Waals surface area contributed by atoms with E-state index in [1.807, 2.05) is 30.3 Å². The number of aromatic nitrogens is 2. The third kappa shape index (κ3) is 6.56. The fourth-order valence-electron chi connectivity index (χ4n) is 8.13. The zero-order chi connectivity index (χ0) is 37.9. The van der Waals surface area contributed by atoms with Crippen LogP contribution in [0.5, 0.6) is 11.5 Å². The first-order chi connectivity index (χ1) is 26.5. The lowest BCUT2D eigenvalue weighted by Gasteiger charge is -2.55. The highest BCUT2D eigenvalue weighted by Crippen LogP contribution is 2.40. The molecule has 13 nitrogen and oxygen atoms in total. The molecule has 1 spiro atoms. The van der Waals surface area contributed by atoms with Gasteiger partial charge in [0, 0.05) is 55.7 Å². The van der Waals surface area contributed by atoms with Gasteiger partial charge in [0.15, 0.2) is 5.82 Å². The maximum absolute atomic E-state index is 13.2. The van der Waals surface area contributed by atoms with E-state index in [9.17, 15) is 19.2 Å². The van der Waals surface area contributed by atoms with Crippen molar-refractivity contribution < 1.29 is 33.4 Å². The molecule has 1 aromatic heterocycles. The molecular formula is C42H42N6O7. The second-order valence-corrected chi connectivity index (χ2v) is 15.9. The van der Waals surface area contributed by atoms with Crippen LogP contribution in [0.25, 0.3) is 0 Å². The van der Waals surface area contributed by atoms with Crippen LogP contribution < -0.4 is 25.0 Å². The van der Waals surface area contributed by atoms with Gasteiger partial charge in [0.05, 0.1) is 29.8 Å². The minimum Gasteiger partial charge on any atom is -0.490 e. The Morgan fingerprint density at radius 1 is 0.891 bits per heavy atom. The third-order valence-electron chi connectivity index (χ3n) is 11.6. The summed E-state index contributed by atoms with van der Waals surface area (Å²) < 4.78 is 17.7. The van der Waals surface area contributed by atoms with Gasteiger partial charge in [0.1, 0.15) is 36.1 Å². The van der Waals surface area contributed by atoms with Gasteiger partial charge in [-0.15, -0.1) is 0 Å². The molecular weight excluding hydrogens is 700 g/mol. The SMILES string of the molecule is CC(C)(c1ccc(OCc2nccc(N3CC4(COC4)C3)n2)cc1)c1ccc(O[C@H]2C[C@H](Nc3ccc4c(c3)C(=O)N(C3CCC(=O)NC3=O)C4=O)C2)cc1. The molecule has 1 aliphatic carbocycles. The average molecular weight is 743 g/mol. The maximum Gasteiger partial charge on any atom is 0.262 e. The summed E-state index contributed by atoms with van der Waals surface area (Å²) in [6, 6.07) is 22.6. The van der Waals surface area contributed by atoms with E-state index in [2.05, 4.69) is 58.6 Å². The Balaban J connectivity index is 0.749. The van der Waals surface area contributed by atoms with Crippen LogP contribution in [0.15, 0.2) is 79.0 Å². The van der Waals surface area contributed by atoms with Gasteiger partial charge >= 0.3 is 0 Å². The summed E-state index contributed by atoms with van der Waals surface area (Å²) in [5.41, 5.74) is 3.63. The van der Waals surface area contributed by atoms with Gasteiger partial charge in [0.25, 0.3) is 11.8 Å². The molecule has 282 valence electrons. The number of nitrogens with one attached hydrogen (secondary N) is 2. The Bertz CT molecular complexity index is 2170. The molecule has 1 atom stereocenters. The van der Waals surface area contributed by atoms with Gasteiger partial charge in [-0.05, 0) is 66.1 Å². The number of amides is 4. The van der Waals surface area contributed by atoms with E-state index in [0.717, 1.165) is 78.2 Å². The maximum atomic E-state index is 13.2. The number of carbonyl (C=O) groups excluding carboxylic acids is 4. The summed E-state index contributed by atoms with van der Waals surface area (Å²) in [6.45, 7) is 8.33. The number of benzene rings is 3. The Hall–Kier alpha value is -5.82. The second kappa shape index (κ2) is 13.5. The van der Waals surface area contributed by atoms with Crippen molar-refractivity contribution in [3.05, 3.63) is 107 Å². The summed E-state index contributed by atoms with van der Waals surface area (Å²) in [6.07, 6.45) is 3.60. The van der Waals surface area contributed by atoms with Gasteiger partial charge in [-0.25, -0.2) is 9.97 Å². The minimum atomic E-state index is -0.986. The molecule has 9 rings (SSSR count). The molecule has 4 aromatic rings. The molecule has 4 fully saturated rings. The van der Waals surface area contributed by atoms with Gasteiger partial charge < -0.3 is 24.4 Å². The van der Waals surface area contributed by atoms with Gasteiger partial charge in [0.2, 0.25) is 11.8 Å². The zero-order valence-electron chi connectivity index (χ0n) is 30.7. The smallest absolute Gasteiger partial charge is 0.262 e. The first-order valence-electron chi connectivity index (χ1n) is 18.8. The molecule has 5 aliphatic rings. The molecule has 1 saturated carbocycles. The van der Waals surface area contributed by atoms with Gasteiger partial charge in [-0.2, -0.15) is 0 Å². The predicted octanol–water partition coefficient (Wildman–Crippen LogP) is 4.64. The number of hydrogen-bond donors (Lipinski definition) is 2. The largest absolute Gasteiger partial charge is 0.490 e. The first kappa shape index (κ1) is 34.9. The monoisotopic (exact) mass is 742 g/mol. The van der Waals surface area contributed by atoms with Crippen LogP contribution in [0.2, 0.25) is 0 Å². The summed E-state index contributed by atoms with van der Waals surface area (Å²) in [7, 11) is 0. The normalized spacial score (nSPS) is 22.7. The topological polar surface area (TPSA) is 152 Å². The van der Waals surface area contributed by atoms with E-state index >= 15 is 0 Å². The number of piperidine rings is 1. The molecule has 0 bridgehead atoms. The van der Waals surface area contributed by atoms with E-state index in [1.54, 1.807) is 24.4 Å². The van der Waals surface area contributed by atoms with Crippen LogP contribution in [-0.2, 0) is 26.3 Å². The van der Waals surface area contributed by atoms with Crippen LogP contribution >= 0.6 is 0 Å². The van der Waals surface area contributed by atoms with Gasteiger partial charge in [-0.3, -0.25) is 29.4 Å². The molecule has 55 heavy (non-hydrogen) atoms.